The molecule has 182 valence electrons. The number of nitriles is 1. The minimum Gasteiger partial charge on any atom is -0.359 e. The second-order valence-electron chi connectivity index (χ2n) is 10.3. The molecule has 2 aromatic rings. The smallest absolute Gasteiger partial charge is 0.254 e. The molecule has 0 aromatic heterocycles. The Hall–Kier alpha value is -3.32. The van der Waals surface area contributed by atoms with Crippen LogP contribution in [-0.4, -0.2) is 23.9 Å². The number of aryl methyl sites for hydroxylation is 2. The summed E-state index contributed by atoms with van der Waals surface area (Å²) < 4.78 is 0. The molecule has 35 heavy (non-hydrogen) atoms. The van der Waals surface area contributed by atoms with E-state index in [0.717, 1.165) is 60.3 Å². The van der Waals surface area contributed by atoms with E-state index in [4.69, 9.17) is 5.26 Å². The van der Waals surface area contributed by atoms with Crippen molar-refractivity contribution in [2.75, 3.05) is 13.1 Å². The second-order valence-corrected chi connectivity index (χ2v) is 10.3. The lowest BCUT2D eigenvalue weighted by Gasteiger charge is -2.33. The summed E-state index contributed by atoms with van der Waals surface area (Å²) in [6, 6.07) is 14.2. The van der Waals surface area contributed by atoms with Gasteiger partial charge in [-0.05, 0) is 99.6 Å². The van der Waals surface area contributed by atoms with Crippen LogP contribution in [0.25, 0.3) is 5.70 Å². The Bertz CT molecular complexity index is 1190. The van der Waals surface area contributed by atoms with E-state index in [9.17, 15) is 4.79 Å². The molecule has 1 heterocycles. The van der Waals surface area contributed by atoms with Crippen molar-refractivity contribution in [3.63, 3.8) is 0 Å². The van der Waals surface area contributed by atoms with Crippen LogP contribution in [0.4, 0.5) is 0 Å². The van der Waals surface area contributed by atoms with Gasteiger partial charge in [0.25, 0.3) is 5.91 Å². The van der Waals surface area contributed by atoms with Crippen molar-refractivity contribution in [1.29, 1.82) is 5.26 Å². The molecule has 1 aliphatic carbocycles. The van der Waals surface area contributed by atoms with Crippen LogP contribution in [-0.2, 0) is 0 Å². The zero-order valence-corrected chi connectivity index (χ0v) is 21.6. The number of rotatable bonds is 5. The summed E-state index contributed by atoms with van der Waals surface area (Å²) >= 11 is 0. The van der Waals surface area contributed by atoms with Crippen molar-refractivity contribution in [1.82, 2.24) is 10.2 Å². The number of hydrogen-bond acceptors (Lipinski definition) is 3. The Labute approximate surface area is 210 Å². The first-order valence-electron chi connectivity index (χ1n) is 12.8. The second kappa shape index (κ2) is 10.5. The van der Waals surface area contributed by atoms with E-state index in [1.165, 1.54) is 29.7 Å². The number of amides is 1. The first-order chi connectivity index (χ1) is 16.8. The maximum Gasteiger partial charge on any atom is 0.254 e. The number of piperidine rings is 1. The van der Waals surface area contributed by atoms with Crippen LogP contribution in [0.15, 0.2) is 54.2 Å². The van der Waals surface area contributed by atoms with E-state index in [0.29, 0.717) is 17.4 Å². The van der Waals surface area contributed by atoms with Crippen LogP contribution in [0.3, 0.4) is 0 Å². The monoisotopic (exact) mass is 467 g/mol. The van der Waals surface area contributed by atoms with Crippen molar-refractivity contribution in [2.24, 2.45) is 5.92 Å². The zero-order valence-electron chi connectivity index (χ0n) is 21.6. The molecule has 1 N–H and O–H groups in total. The lowest BCUT2D eigenvalue weighted by molar-refractivity contribution is 0.0712. The lowest BCUT2D eigenvalue weighted by atomic mass is 9.87. The van der Waals surface area contributed by atoms with Gasteiger partial charge in [-0.25, -0.2) is 0 Å². The minimum absolute atomic E-state index is 0.108. The van der Waals surface area contributed by atoms with E-state index in [2.05, 4.69) is 56.9 Å². The molecule has 0 radical (unpaired) electrons. The fraction of sp³-hybridized carbons (Fsp3) is 0.419. The van der Waals surface area contributed by atoms with Gasteiger partial charge in [-0.2, -0.15) is 5.26 Å². The molecule has 1 saturated heterocycles. The summed E-state index contributed by atoms with van der Waals surface area (Å²) in [7, 11) is 0. The molecular weight excluding hydrogens is 430 g/mol. The summed E-state index contributed by atoms with van der Waals surface area (Å²) in [5.74, 6) is 1.14. The number of nitrogens with zero attached hydrogens (tertiary/aromatic N) is 2. The molecule has 2 aliphatic rings. The molecule has 1 atom stereocenters. The standard InChI is InChI=1S/C31H37N3O/c1-20-7-6-8-30(23(20)4)33-24(5)28-18-29(22(3)17-21(28)2)31(35)34-15-13-27(14-16-34)26-11-9-25(19-32)10-12-26/h9-12,17-18,20,27,33H,5-8,13-16H2,1-4H3. The Morgan fingerprint density at radius 2 is 1.69 bits per heavy atom. The van der Waals surface area contributed by atoms with Gasteiger partial charge in [0.15, 0.2) is 0 Å². The van der Waals surface area contributed by atoms with Gasteiger partial charge in [0, 0.05) is 35.6 Å². The molecular formula is C31H37N3O. The summed E-state index contributed by atoms with van der Waals surface area (Å²) in [5, 5.41) is 12.6. The number of hydrogen-bond donors (Lipinski definition) is 1. The van der Waals surface area contributed by atoms with Gasteiger partial charge in [-0.15, -0.1) is 0 Å². The van der Waals surface area contributed by atoms with E-state index in [-0.39, 0.29) is 5.91 Å². The highest BCUT2D eigenvalue weighted by Gasteiger charge is 2.26. The molecule has 0 bridgehead atoms. The van der Waals surface area contributed by atoms with Crippen LogP contribution in [0, 0.1) is 31.1 Å². The van der Waals surface area contributed by atoms with Gasteiger partial charge in [-0.3, -0.25) is 4.79 Å². The van der Waals surface area contributed by atoms with Crippen LogP contribution in [0.1, 0.15) is 90.0 Å². The van der Waals surface area contributed by atoms with Gasteiger partial charge in [0.05, 0.1) is 11.6 Å². The van der Waals surface area contributed by atoms with E-state index in [1.54, 1.807) is 0 Å². The first kappa shape index (κ1) is 24.8. The molecule has 1 amide bonds. The van der Waals surface area contributed by atoms with Crippen LogP contribution in [0.5, 0.6) is 0 Å². The van der Waals surface area contributed by atoms with E-state index < -0.39 is 0 Å². The Balaban J connectivity index is 1.47. The third kappa shape index (κ3) is 5.35. The van der Waals surface area contributed by atoms with Crippen molar-refractivity contribution in [2.45, 2.75) is 65.7 Å². The number of carbonyl (C=O) groups excluding carboxylic acids is 1. The van der Waals surface area contributed by atoms with Crippen molar-refractivity contribution in [3.8, 4) is 6.07 Å². The van der Waals surface area contributed by atoms with Gasteiger partial charge in [0.2, 0.25) is 0 Å². The molecule has 0 saturated carbocycles. The van der Waals surface area contributed by atoms with Crippen LogP contribution < -0.4 is 5.32 Å². The number of benzene rings is 2. The average molecular weight is 468 g/mol. The highest BCUT2D eigenvalue weighted by atomic mass is 16.2. The number of allylic oxidation sites excluding steroid dienone is 2. The molecule has 2 aromatic carbocycles. The van der Waals surface area contributed by atoms with Gasteiger partial charge in [-0.1, -0.05) is 37.3 Å². The quantitative estimate of drug-likeness (QED) is 0.523. The summed E-state index contributed by atoms with van der Waals surface area (Å²) in [6.45, 7) is 14.5. The largest absolute Gasteiger partial charge is 0.359 e. The predicted octanol–water partition coefficient (Wildman–Crippen LogP) is 6.85. The minimum atomic E-state index is 0.108. The Morgan fingerprint density at radius 3 is 2.34 bits per heavy atom. The fourth-order valence-electron chi connectivity index (χ4n) is 5.53. The highest BCUT2D eigenvalue weighted by molar-refractivity contribution is 5.97. The third-order valence-electron chi connectivity index (χ3n) is 8.00. The average Bonchev–Trinajstić information content (AvgIpc) is 2.86. The van der Waals surface area contributed by atoms with Crippen molar-refractivity contribution < 1.29 is 4.79 Å². The van der Waals surface area contributed by atoms with Gasteiger partial charge < -0.3 is 10.2 Å². The molecule has 1 aliphatic heterocycles. The topological polar surface area (TPSA) is 56.1 Å². The normalized spacial score (nSPS) is 18.8. The highest BCUT2D eigenvalue weighted by Crippen LogP contribution is 2.32. The molecule has 1 unspecified atom stereocenters. The molecule has 1 fully saturated rings. The molecule has 4 nitrogen and oxygen atoms in total. The van der Waals surface area contributed by atoms with Crippen LogP contribution >= 0.6 is 0 Å². The van der Waals surface area contributed by atoms with Crippen LogP contribution in [0.2, 0.25) is 0 Å². The van der Waals surface area contributed by atoms with Crippen molar-refractivity contribution >= 4 is 11.6 Å². The molecule has 0 spiro atoms. The summed E-state index contributed by atoms with van der Waals surface area (Å²) in [5.41, 5.74) is 9.47. The number of nitrogens with one attached hydrogen (secondary N) is 1. The SMILES string of the molecule is C=C(NC1=C(C)C(C)CCC1)c1cc(C(=O)N2CCC(c3ccc(C#N)cc3)CC2)c(C)cc1C. The Kier molecular flexibility index (Phi) is 7.45. The van der Waals surface area contributed by atoms with Crippen molar-refractivity contribution in [3.05, 3.63) is 87.6 Å². The van der Waals surface area contributed by atoms with E-state index >= 15 is 0 Å². The zero-order chi connectivity index (χ0) is 25.1. The van der Waals surface area contributed by atoms with E-state index in [1.807, 2.05) is 30.0 Å². The Morgan fingerprint density at radius 1 is 1.03 bits per heavy atom. The number of carbonyl (C=O) groups is 1. The molecule has 4 heteroatoms. The van der Waals surface area contributed by atoms with Gasteiger partial charge >= 0.3 is 0 Å². The fourth-order valence-corrected chi connectivity index (χ4v) is 5.53. The lowest BCUT2D eigenvalue weighted by Crippen LogP contribution is -2.38. The first-order valence-corrected chi connectivity index (χ1v) is 12.8. The third-order valence-corrected chi connectivity index (χ3v) is 8.00. The maximum atomic E-state index is 13.5. The molecule has 4 rings (SSSR count). The maximum absolute atomic E-state index is 13.5. The van der Waals surface area contributed by atoms with Gasteiger partial charge in [0.1, 0.15) is 0 Å². The predicted molar refractivity (Wildman–Crippen MR) is 143 cm³/mol. The summed E-state index contributed by atoms with van der Waals surface area (Å²) in [4.78, 5) is 15.5. The number of likely N-dealkylation sites (tertiary alicyclic amines) is 1. The summed E-state index contributed by atoms with van der Waals surface area (Å²) in [6.07, 6.45) is 5.38.